The van der Waals surface area contributed by atoms with Crippen molar-refractivity contribution < 1.29 is 4.79 Å². The Morgan fingerprint density at radius 2 is 2.26 bits per heavy atom. The fraction of sp³-hybridized carbons (Fsp3) is 0.143. The van der Waals surface area contributed by atoms with Gasteiger partial charge >= 0.3 is 0 Å². The number of pyridine rings is 1. The molecule has 1 heterocycles. The number of carbonyl (C=O) groups is 1. The number of nitrogens with zero attached hydrogens (tertiary/aromatic N) is 1. The van der Waals surface area contributed by atoms with Gasteiger partial charge in [0.1, 0.15) is 0 Å². The summed E-state index contributed by atoms with van der Waals surface area (Å²) >= 11 is 3.42. The van der Waals surface area contributed by atoms with Crippen LogP contribution in [-0.2, 0) is 4.79 Å². The van der Waals surface area contributed by atoms with Gasteiger partial charge in [-0.25, -0.2) is 0 Å². The van der Waals surface area contributed by atoms with Crippen molar-refractivity contribution in [3.8, 4) is 12.3 Å². The summed E-state index contributed by atoms with van der Waals surface area (Å²) in [6.45, 7) is 0.413. The Bertz CT molecular complexity index is 649. The Balaban J connectivity index is 2.15. The number of nitrogens with one attached hydrogen (secondary N) is 2. The number of rotatable bonds is 4. The summed E-state index contributed by atoms with van der Waals surface area (Å²) < 4.78 is 0.966. The number of hydrogen-bond acceptors (Lipinski definition) is 3. The fourth-order valence-corrected chi connectivity index (χ4v) is 2.02. The molecule has 5 heteroatoms. The highest BCUT2D eigenvalue weighted by molar-refractivity contribution is 9.10. The van der Waals surface area contributed by atoms with Gasteiger partial charge in [-0.2, -0.15) is 0 Å². The van der Waals surface area contributed by atoms with Crippen molar-refractivity contribution in [2.24, 2.45) is 0 Å². The van der Waals surface area contributed by atoms with E-state index >= 15 is 0 Å². The van der Waals surface area contributed by atoms with Crippen LogP contribution in [0.3, 0.4) is 0 Å². The summed E-state index contributed by atoms with van der Waals surface area (Å²) in [4.78, 5) is 15.8. The largest absolute Gasteiger partial charge is 0.376 e. The first-order valence-electron chi connectivity index (χ1n) is 5.69. The number of terminal acetylenes is 1. The van der Waals surface area contributed by atoms with E-state index in [1.807, 2.05) is 24.3 Å². The van der Waals surface area contributed by atoms with Gasteiger partial charge in [0, 0.05) is 21.7 Å². The van der Waals surface area contributed by atoms with E-state index < -0.39 is 0 Å². The molecule has 1 aromatic heterocycles. The van der Waals surface area contributed by atoms with Gasteiger partial charge in [0.2, 0.25) is 5.91 Å². The number of halogens is 1. The highest BCUT2D eigenvalue weighted by Gasteiger charge is 2.04. The van der Waals surface area contributed by atoms with E-state index in [-0.39, 0.29) is 19.0 Å². The van der Waals surface area contributed by atoms with E-state index in [1.165, 1.54) is 0 Å². The van der Waals surface area contributed by atoms with Crippen molar-refractivity contribution in [1.29, 1.82) is 0 Å². The summed E-state index contributed by atoms with van der Waals surface area (Å²) in [5.74, 6) is 2.22. The third-order valence-corrected chi connectivity index (χ3v) is 3.02. The molecule has 0 aliphatic heterocycles. The molecule has 4 nitrogen and oxygen atoms in total. The zero-order valence-electron chi connectivity index (χ0n) is 10.1. The maximum Gasteiger partial charge on any atom is 0.240 e. The minimum absolute atomic E-state index is 0.141. The van der Waals surface area contributed by atoms with Gasteiger partial charge in [0.15, 0.2) is 0 Å². The third kappa shape index (κ3) is 3.46. The molecule has 0 aliphatic carbocycles. The molecule has 0 bridgehead atoms. The van der Waals surface area contributed by atoms with E-state index in [4.69, 9.17) is 6.42 Å². The van der Waals surface area contributed by atoms with Crippen LogP contribution in [0, 0.1) is 12.3 Å². The van der Waals surface area contributed by atoms with Crippen LogP contribution in [0.2, 0.25) is 0 Å². The van der Waals surface area contributed by atoms with E-state index in [9.17, 15) is 4.79 Å². The van der Waals surface area contributed by atoms with Crippen LogP contribution in [0.5, 0.6) is 0 Å². The predicted molar refractivity (Wildman–Crippen MR) is 79.8 cm³/mol. The molecule has 0 unspecified atom stereocenters. The quantitative estimate of drug-likeness (QED) is 0.850. The Morgan fingerprint density at radius 3 is 3.05 bits per heavy atom. The first kappa shape index (κ1) is 13.4. The van der Waals surface area contributed by atoms with Crippen molar-refractivity contribution in [2.75, 3.05) is 18.4 Å². The van der Waals surface area contributed by atoms with Crippen LogP contribution in [0.1, 0.15) is 0 Å². The molecule has 2 aromatic rings. The maximum atomic E-state index is 11.5. The van der Waals surface area contributed by atoms with Crippen molar-refractivity contribution in [2.45, 2.75) is 0 Å². The molecule has 0 aliphatic rings. The van der Waals surface area contributed by atoms with Crippen molar-refractivity contribution in [3.05, 3.63) is 34.9 Å². The summed E-state index contributed by atoms with van der Waals surface area (Å²) in [6.07, 6.45) is 6.78. The summed E-state index contributed by atoms with van der Waals surface area (Å²) in [6, 6.07) is 7.65. The topological polar surface area (TPSA) is 54.0 Å². The number of anilines is 1. The average molecular weight is 318 g/mol. The minimum Gasteiger partial charge on any atom is -0.376 e. The van der Waals surface area contributed by atoms with Crippen molar-refractivity contribution >= 4 is 38.4 Å². The van der Waals surface area contributed by atoms with Crippen LogP contribution >= 0.6 is 15.9 Å². The smallest absolute Gasteiger partial charge is 0.240 e. The van der Waals surface area contributed by atoms with Crippen LogP contribution in [-0.4, -0.2) is 24.0 Å². The van der Waals surface area contributed by atoms with E-state index in [1.54, 1.807) is 6.20 Å². The van der Waals surface area contributed by atoms with E-state index in [0.29, 0.717) is 0 Å². The molecule has 0 saturated heterocycles. The van der Waals surface area contributed by atoms with Gasteiger partial charge in [-0.05, 0) is 24.3 Å². The Labute approximate surface area is 119 Å². The van der Waals surface area contributed by atoms with Crippen LogP contribution in [0.4, 0.5) is 5.69 Å². The van der Waals surface area contributed by atoms with E-state index in [2.05, 4.69) is 37.5 Å². The van der Waals surface area contributed by atoms with Gasteiger partial charge in [-0.15, -0.1) is 6.42 Å². The lowest BCUT2D eigenvalue weighted by Crippen LogP contribution is -2.30. The zero-order valence-corrected chi connectivity index (χ0v) is 11.7. The number of carbonyl (C=O) groups excluding carboxylic acids is 1. The van der Waals surface area contributed by atoms with Gasteiger partial charge in [-0.3, -0.25) is 9.78 Å². The molecule has 2 N–H and O–H groups in total. The molecule has 0 radical (unpaired) electrons. The number of benzene rings is 1. The second kappa shape index (κ2) is 6.21. The number of fused-ring (bicyclic) bond motifs is 1. The SMILES string of the molecule is C#CCNC(=O)CNc1ccnc2ccc(Br)cc12. The Hall–Kier alpha value is -2.06. The van der Waals surface area contributed by atoms with Crippen LogP contribution in [0.15, 0.2) is 34.9 Å². The standard InChI is InChI=1S/C14H12BrN3O/c1-2-6-17-14(19)9-18-13-5-7-16-12-4-3-10(15)8-11(12)13/h1,3-5,7-8H,6,9H2,(H,16,18)(H,17,19). The fourth-order valence-electron chi connectivity index (χ4n) is 1.66. The van der Waals surface area contributed by atoms with Crippen molar-refractivity contribution in [1.82, 2.24) is 10.3 Å². The lowest BCUT2D eigenvalue weighted by atomic mass is 10.2. The first-order chi connectivity index (χ1) is 9.20. The number of hydrogen-bond donors (Lipinski definition) is 2. The minimum atomic E-state index is -0.141. The molecule has 19 heavy (non-hydrogen) atoms. The molecule has 0 atom stereocenters. The molecule has 1 amide bonds. The van der Waals surface area contributed by atoms with Gasteiger partial charge in [-0.1, -0.05) is 21.9 Å². The highest BCUT2D eigenvalue weighted by Crippen LogP contribution is 2.24. The first-order valence-corrected chi connectivity index (χ1v) is 6.48. The Kier molecular flexibility index (Phi) is 4.37. The third-order valence-electron chi connectivity index (χ3n) is 2.53. The second-order valence-corrected chi connectivity index (χ2v) is 4.77. The molecule has 0 saturated carbocycles. The van der Waals surface area contributed by atoms with Gasteiger partial charge < -0.3 is 10.6 Å². The summed E-state index contributed by atoms with van der Waals surface area (Å²) in [5, 5.41) is 6.64. The number of aromatic nitrogens is 1. The normalized spacial score (nSPS) is 9.89. The maximum absolute atomic E-state index is 11.5. The van der Waals surface area contributed by atoms with Gasteiger partial charge in [0.05, 0.1) is 18.6 Å². The summed E-state index contributed by atoms with van der Waals surface area (Å²) in [7, 11) is 0. The summed E-state index contributed by atoms with van der Waals surface area (Å²) in [5.41, 5.74) is 1.74. The lowest BCUT2D eigenvalue weighted by Gasteiger charge is -2.09. The van der Waals surface area contributed by atoms with Crippen LogP contribution in [0.25, 0.3) is 10.9 Å². The molecule has 96 valence electrons. The molecule has 1 aromatic carbocycles. The van der Waals surface area contributed by atoms with Gasteiger partial charge in [0.25, 0.3) is 0 Å². The van der Waals surface area contributed by atoms with E-state index in [0.717, 1.165) is 21.1 Å². The Morgan fingerprint density at radius 1 is 1.42 bits per heavy atom. The molecular formula is C14H12BrN3O. The van der Waals surface area contributed by atoms with Crippen LogP contribution < -0.4 is 10.6 Å². The van der Waals surface area contributed by atoms with Crippen molar-refractivity contribution in [3.63, 3.8) is 0 Å². The average Bonchev–Trinajstić information content (AvgIpc) is 2.42. The lowest BCUT2D eigenvalue weighted by molar-refractivity contribution is -0.119. The molecule has 2 rings (SSSR count). The molecule has 0 fully saturated rings. The molecule has 0 spiro atoms. The monoisotopic (exact) mass is 317 g/mol. The second-order valence-electron chi connectivity index (χ2n) is 3.85. The molecular weight excluding hydrogens is 306 g/mol. The highest BCUT2D eigenvalue weighted by atomic mass is 79.9. The zero-order chi connectivity index (χ0) is 13.7. The number of amides is 1. The predicted octanol–water partition coefficient (Wildman–Crippen LogP) is 2.16.